The van der Waals surface area contributed by atoms with Crippen molar-refractivity contribution in [1.82, 2.24) is 9.97 Å². The highest BCUT2D eigenvalue weighted by atomic mass is 32.1. The van der Waals surface area contributed by atoms with Gasteiger partial charge in [-0.2, -0.15) is 0 Å². The second kappa shape index (κ2) is 6.77. The van der Waals surface area contributed by atoms with Crippen LogP contribution in [-0.4, -0.2) is 23.1 Å². The molecule has 0 unspecified atom stereocenters. The van der Waals surface area contributed by atoms with E-state index >= 15 is 0 Å². The van der Waals surface area contributed by atoms with E-state index in [0.29, 0.717) is 0 Å². The van der Waals surface area contributed by atoms with Crippen molar-refractivity contribution in [2.75, 3.05) is 23.3 Å². The van der Waals surface area contributed by atoms with Crippen molar-refractivity contribution < 1.29 is 0 Å². The van der Waals surface area contributed by atoms with Crippen molar-refractivity contribution in [3.63, 3.8) is 0 Å². The molecule has 0 atom stereocenters. The molecule has 3 aromatic rings. The number of anilines is 2. The summed E-state index contributed by atoms with van der Waals surface area (Å²) in [5.74, 6) is 1.95. The molecule has 0 saturated carbocycles. The van der Waals surface area contributed by atoms with Crippen LogP contribution >= 0.6 is 11.3 Å². The van der Waals surface area contributed by atoms with Crippen LogP contribution < -0.4 is 10.2 Å². The molecule has 5 heteroatoms. The van der Waals surface area contributed by atoms with E-state index < -0.39 is 0 Å². The molecule has 0 aromatic carbocycles. The van der Waals surface area contributed by atoms with Crippen molar-refractivity contribution in [2.24, 2.45) is 5.92 Å². The average Bonchev–Trinajstić information content (AvgIpc) is 3.10. The van der Waals surface area contributed by atoms with Crippen molar-refractivity contribution in [1.29, 1.82) is 0 Å². The Morgan fingerprint density at radius 3 is 2.83 bits per heavy atom. The van der Waals surface area contributed by atoms with Crippen LogP contribution in [0.4, 0.5) is 11.5 Å². The molecule has 1 aliphatic heterocycles. The summed E-state index contributed by atoms with van der Waals surface area (Å²) in [7, 11) is 0. The number of hydrogen-bond donors (Lipinski definition) is 1. The molecule has 4 heterocycles. The molecular weight excluding hydrogens is 316 g/mol. The summed E-state index contributed by atoms with van der Waals surface area (Å²) in [6, 6.07) is 8.43. The Balaban J connectivity index is 1.41. The van der Waals surface area contributed by atoms with Gasteiger partial charge in [0.05, 0.1) is 15.9 Å². The SMILES string of the molecule is CC1CCN(c2ccc(CNc3ccnc4ccsc34)cn2)CC1. The van der Waals surface area contributed by atoms with E-state index in [9.17, 15) is 0 Å². The smallest absolute Gasteiger partial charge is 0.128 e. The number of pyridine rings is 2. The third-order valence-electron chi connectivity index (χ3n) is 4.74. The summed E-state index contributed by atoms with van der Waals surface area (Å²) in [5, 5.41) is 5.59. The number of nitrogens with zero attached hydrogens (tertiary/aromatic N) is 3. The number of aromatic nitrogens is 2. The largest absolute Gasteiger partial charge is 0.380 e. The minimum absolute atomic E-state index is 0.779. The maximum absolute atomic E-state index is 4.67. The fourth-order valence-electron chi connectivity index (χ4n) is 3.16. The summed E-state index contributed by atoms with van der Waals surface area (Å²) in [6.45, 7) is 5.36. The van der Waals surface area contributed by atoms with E-state index in [0.717, 1.165) is 42.6 Å². The molecule has 4 nitrogen and oxygen atoms in total. The van der Waals surface area contributed by atoms with Crippen LogP contribution in [0.25, 0.3) is 10.2 Å². The highest BCUT2D eigenvalue weighted by Gasteiger charge is 2.16. The van der Waals surface area contributed by atoms with Crippen LogP contribution in [0.2, 0.25) is 0 Å². The number of rotatable bonds is 4. The summed E-state index contributed by atoms with van der Waals surface area (Å²) in [6.07, 6.45) is 6.39. The van der Waals surface area contributed by atoms with Crippen LogP contribution in [0.3, 0.4) is 0 Å². The molecule has 0 aliphatic carbocycles. The number of fused-ring (bicyclic) bond motifs is 1. The van der Waals surface area contributed by atoms with Gasteiger partial charge in [0.25, 0.3) is 0 Å². The molecule has 1 saturated heterocycles. The van der Waals surface area contributed by atoms with Crippen LogP contribution in [0.5, 0.6) is 0 Å². The van der Waals surface area contributed by atoms with E-state index in [-0.39, 0.29) is 0 Å². The highest BCUT2D eigenvalue weighted by Crippen LogP contribution is 2.27. The monoisotopic (exact) mass is 338 g/mol. The predicted molar refractivity (Wildman–Crippen MR) is 102 cm³/mol. The lowest BCUT2D eigenvalue weighted by molar-refractivity contribution is 0.436. The van der Waals surface area contributed by atoms with Gasteiger partial charge in [-0.05, 0) is 47.9 Å². The molecule has 3 aromatic heterocycles. The van der Waals surface area contributed by atoms with E-state index in [2.05, 4.69) is 50.7 Å². The third-order valence-corrected chi connectivity index (χ3v) is 5.68. The van der Waals surface area contributed by atoms with Gasteiger partial charge in [-0.15, -0.1) is 11.3 Å². The van der Waals surface area contributed by atoms with Crippen LogP contribution in [-0.2, 0) is 6.54 Å². The Kier molecular flexibility index (Phi) is 4.34. The molecule has 24 heavy (non-hydrogen) atoms. The topological polar surface area (TPSA) is 41.0 Å². The minimum atomic E-state index is 0.779. The maximum Gasteiger partial charge on any atom is 0.128 e. The number of piperidine rings is 1. The van der Waals surface area contributed by atoms with Crippen LogP contribution in [0, 0.1) is 5.92 Å². The van der Waals surface area contributed by atoms with Gasteiger partial charge in [-0.3, -0.25) is 4.98 Å². The van der Waals surface area contributed by atoms with Gasteiger partial charge in [0.2, 0.25) is 0 Å². The normalized spacial score (nSPS) is 15.8. The standard InChI is InChI=1S/C19H22N4S/c1-14-5-9-23(10-6-14)18-3-2-15(13-22-18)12-21-16-4-8-20-17-7-11-24-19(16)17/h2-4,7-8,11,13-14H,5-6,9-10,12H2,1H3,(H,20,21). The van der Waals surface area contributed by atoms with Crippen molar-refractivity contribution in [2.45, 2.75) is 26.3 Å². The Labute approximate surface area is 146 Å². The highest BCUT2D eigenvalue weighted by molar-refractivity contribution is 7.17. The molecule has 1 fully saturated rings. The van der Waals surface area contributed by atoms with Crippen molar-refractivity contribution in [3.05, 3.63) is 47.6 Å². The van der Waals surface area contributed by atoms with Crippen molar-refractivity contribution in [3.8, 4) is 0 Å². The first kappa shape index (κ1) is 15.4. The fraction of sp³-hybridized carbons (Fsp3) is 0.368. The second-order valence-electron chi connectivity index (χ2n) is 6.54. The quantitative estimate of drug-likeness (QED) is 0.758. The van der Waals surface area contributed by atoms with Crippen LogP contribution in [0.15, 0.2) is 42.0 Å². The first-order valence-corrected chi connectivity index (χ1v) is 9.43. The first-order valence-electron chi connectivity index (χ1n) is 8.55. The second-order valence-corrected chi connectivity index (χ2v) is 7.46. The lowest BCUT2D eigenvalue weighted by Crippen LogP contribution is -2.33. The summed E-state index contributed by atoms with van der Waals surface area (Å²) in [5.41, 5.74) is 3.40. The van der Waals surface area contributed by atoms with Gasteiger partial charge in [-0.25, -0.2) is 4.98 Å². The molecule has 0 amide bonds. The third kappa shape index (κ3) is 3.22. The molecule has 1 N–H and O–H groups in total. The van der Waals surface area contributed by atoms with Crippen molar-refractivity contribution >= 4 is 33.1 Å². The van der Waals surface area contributed by atoms with E-state index in [1.54, 1.807) is 11.3 Å². The first-order chi connectivity index (χ1) is 11.8. The maximum atomic E-state index is 4.67. The molecule has 124 valence electrons. The summed E-state index contributed by atoms with van der Waals surface area (Å²) in [4.78, 5) is 11.4. The predicted octanol–water partition coefficient (Wildman–Crippen LogP) is 4.54. The molecule has 1 aliphatic rings. The summed E-state index contributed by atoms with van der Waals surface area (Å²) >= 11 is 1.72. The number of thiophene rings is 1. The zero-order valence-corrected chi connectivity index (χ0v) is 14.7. The average molecular weight is 338 g/mol. The lowest BCUT2D eigenvalue weighted by atomic mass is 9.99. The summed E-state index contributed by atoms with van der Waals surface area (Å²) < 4.78 is 1.21. The Morgan fingerprint density at radius 2 is 2.04 bits per heavy atom. The van der Waals surface area contributed by atoms with Gasteiger partial charge < -0.3 is 10.2 Å². The van der Waals surface area contributed by atoms with E-state index in [4.69, 9.17) is 0 Å². The van der Waals surface area contributed by atoms with Gasteiger partial charge in [0.1, 0.15) is 5.82 Å². The van der Waals surface area contributed by atoms with Gasteiger partial charge in [0.15, 0.2) is 0 Å². The molecule has 4 rings (SSSR count). The van der Waals surface area contributed by atoms with Gasteiger partial charge in [0, 0.05) is 32.0 Å². The Hall–Kier alpha value is -2.14. The number of nitrogens with one attached hydrogen (secondary N) is 1. The Bertz CT molecular complexity index is 804. The zero-order chi connectivity index (χ0) is 16.4. The van der Waals surface area contributed by atoms with E-state index in [1.807, 2.05) is 18.5 Å². The van der Waals surface area contributed by atoms with Gasteiger partial charge in [-0.1, -0.05) is 13.0 Å². The molecular formula is C19H22N4S. The minimum Gasteiger partial charge on any atom is -0.380 e. The van der Waals surface area contributed by atoms with E-state index in [1.165, 1.54) is 23.1 Å². The molecule has 0 radical (unpaired) electrons. The molecule has 0 bridgehead atoms. The number of hydrogen-bond acceptors (Lipinski definition) is 5. The zero-order valence-electron chi connectivity index (χ0n) is 13.9. The fourth-order valence-corrected chi connectivity index (χ4v) is 4.00. The molecule has 0 spiro atoms. The van der Waals surface area contributed by atoms with Crippen LogP contribution in [0.1, 0.15) is 25.3 Å². The Morgan fingerprint density at radius 1 is 1.17 bits per heavy atom. The lowest BCUT2D eigenvalue weighted by Gasteiger charge is -2.31. The van der Waals surface area contributed by atoms with Gasteiger partial charge >= 0.3 is 0 Å².